The number of carbonyl (C=O) groups is 6. The number of hydrogen-bond donors (Lipinski definition) is 12. The molecule has 21 heteroatoms. The van der Waals surface area contributed by atoms with Crippen LogP contribution in [0.2, 0.25) is 0 Å². The average molecular weight is 444 g/mol. The molecule has 27 heavy (non-hydrogen) atoms. The van der Waals surface area contributed by atoms with E-state index in [4.69, 9.17) is 90.0 Å². The Balaban J connectivity index is -0.0000000125. The molecule has 0 spiro atoms. The summed E-state index contributed by atoms with van der Waals surface area (Å²) < 4.78 is 0. The minimum absolute atomic E-state index is 0. The van der Waals surface area contributed by atoms with Crippen LogP contribution >= 0.6 is 0 Å². The molecule has 0 saturated heterocycles. The molecular formula is C6H15Na3O18. The van der Waals surface area contributed by atoms with Crippen LogP contribution in [0.15, 0.2) is 0 Å². The van der Waals surface area contributed by atoms with Crippen molar-refractivity contribution in [2.45, 2.75) is 0 Å². The van der Waals surface area contributed by atoms with Crippen molar-refractivity contribution in [3.8, 4) is 0 Å². The van der Waals surface area contributed by atoms with Gasteiger partial charge in [0.15, 0.2) is 0 Å². The Morgan fingerprint density at radius 3 is 0.296 bits per heavy atom. The molecule has 0 aliphatic carbocycles. The van der Waals surface area contributed by atoms with Gasteiger partial charge < -0.3 is 65.6 Å². The maximum atomic E-state index is 8.56. The first-order chi connectivity index (χ1) is 10.4. The molecule has 150 valence electrons. The van der Waals surface area contributed by atoms with Crippen molar-refractivity contribution in [2.75, 3.05) is 0 Å². The largest absolute Gasteiger partial charge is 1.00 e. The summed E-state index contributed by atoms with van der Waals surface area (Å²) in [5.41, 5.74) is 0. The Morgan fingerprint density at radius 2 is 0.296 bits per heavy atom. The number of rotatable bonds is 0. The molecule has 0 rings (SSSR count). The van der Waals surface area contributed by atoms with Crippen molar-refractivity contribution in [2.24, 2.45) is 0 Å². The van der Waals surface area contributed by atoms with Gasteiger partial charge in [-0.05, 0) is 0 Å². The van der Waals surface area contributed by atoms with E-state index in [0.717, 1.165) is 0 Å². The minimum atomic E-state index is -1.83. The number of hydrogen-bond acceptors (Lipinski definition) is 6. The van der Waals surface area contributed by atoms with Gasteiger partial charge in [0.2, 0.25) is 0 Å². The smallest absolute Gasteiger partial charge is 1.00 e. The zero-order chi connectivity index (χ0) is 21.5. The van der Waals surface area contributed by atoms with Crippen molar-refractivity contribution in [3.63, 3.8) is 0 Å². The van der Waals surface area contributed by atoms with Crippen LogP contribution in [-0.2, 0) is 0 Å². The minimum Gasteiger partial charge on any atom is -1.00 e. The van der Waals surface area contributed by atoms with Crippen LogP contribution in [0.25, 0.3) is 0 Å². The van der Waals surface area contributed by atoms with Gasteiger partial charge in [-0.3, -0.25) is 0 Å². The van der Waals surface area contributed by atoms with E-state index >= 15 is 0 Å². The number of carboxylic acid groups (broad SMARTS) is 12. The van der Waals surface area contributed by atoms with Gasteiger partial charge in [0, 0.05) is 0 Å². The second-order valence-electron chi connectivity index (χ2n) is 1.70. The molecule has 0 radical (unpaired) electrons. The van der Waals surface area contributed by atoms with Crippen LogP contribution in [-0.4, -0.2) is 98.2 Å². The van der Waals surface area contributed by atoms with E-state index in [9.17, 15) is 0 Å². The Labute approximate surface area is 218 Å². The SMILES string of the molecule is O=C(O)O.O=C(O)O.O=C(O)O.O=C(O)O.O=C(O)O.O=C(O)O.[H-].[H-].[H-].[Na+].[Na+].[Na+]. The molecule has 12 N–H and O–H groups in total. The molecule has 0 heterocycles. The Hall–Kier alpha value is -1.38. The summed E-state index contributed by atoms with van der Waals surface area (Å²) in [5.74, 6) is 0. The van der Waals surface area contributed by atoms with E-state index in [2.05, 4.69) is 0 Å². The fourth-order valence-electron chi connectivity index (χ4n) is 0. The van der Waals surface area contributed by atoms with Gasteiger partial charge >= 0.3 is 126 Å². The fourth-order valence-corrected chi connectivity index (χ4v) is 0. The Kier molecular flexibility index (Phi) is 104. The van der Waals surface area contributed by atoms with Crippen molar-refractivity contribution < 1.29 is 183 Å². The Bertz CT molecular complexity index is 278. The Morgan fingerprint density at radius 1 is 0.296 bits per heavy atom. The van der Waals surface area contributed by atoms with E-state index in [0.29, 0.717) is 0 Å². The molecule has 0 saturated carbocycles. The van der Waals surface area contributed by atoms with Crippen LogP contribution in [0.4, 0.5) is 28.8 Å². The summed E-state index contributed by atoms with van der Waals surface area (Å²) in [5, 5.41) is 83.7. The second kappa shape index (κ2) is 49.7. The topological polar surface area (TPSA) is 345 Å². The van der Waals surface area contributed by atoms with Crippen molar-refractivity contribution in [1.82, 2.24) is 0 Å². The molecule has 0 aliphatic heterocycles. The second-order valence-corrected chi connectivity index (χ2v) is 1.70. The summed E-state index contributed by atoms with van der Waals surface area (Å²) in [6, 6.07) is 0. The average Bonchev–Trinajstić information content (AvgIpc) is 2.08. The molecule has 0 aromatic carbocycles. The monoisotopic (exact) mass is 444 g/mol. The molecule has 0 atom stereocenters. The summed E-state index contributed by atoms with van der Waals surface area (Å²) in [6.45, 7) is 0. The van der Waals surface area contributed by atoms with Gasteiger partial charge in [-0.25, -0.2) is 28.8 Å². The van der Waals surface area contributed by atoms with Crippen molar-refractivity contribution in [1.29, 1.82) is 0 Å². The molecule has 18 nitrogen and oxygen atoms in total. The fraction of sp³-hybridized carbons (Fsp3) is 0. The van der Waals surface area contributed by atoms with E-state index < -0.39 is 36.9 Å². The predicted octanol–water partition coefficient (Wildman–Crippen LogP) is -7.32. The maximum absolute atomic E-state index is 8.56. The molecule has 0 fully saturated rings. The summed E-state index contributed by atoms with van der Waals surface area (Å²) in [4.78, 5) is 51.3. The molecule has 0 aromatic heterocycles. The van der Waals surface area contributed by atoms with Crippen molar-refractivity contribution in [3.05, 3.63) is 0 Å². The van der Waals surface area contributed by atoms with Gasteiger partial charge in [0.05, 0.1) is 0 Å². The van der Waals surface area contributed by atoms with Gasteiger partial charge in [-0.2, -0.15) is 0 Å². The van der Waals surface area contributed by atoms with Crippen LogP contribution in [0.1, 0.15) is 4.28 Å². The van der Waals surface area contributed by atoms with E-state index in [1.165, 1.54) is 0 Å². The van der Waals surface area contributed by atoms with Crippen molar-refractivity contribution >= 4 is 36.9 Å². The third-order valence-electron chi connectivity index (χ3n) is 0. The quantitative estimate of drug-likeness (QED) is 0.154. The van der Waals surface area contributed by atoms with Gasteiger partial charge in [0.1, 0.15) is 0 Å². The first-order valence-corrected chi connectivity index (χ1v) is 3.91. The maximum Gasteiger partial charge on any atom is 1.00 e. The van der Waals surface area contributed by atoms with E-state index in [1.807, 2.05) is 0 Å². The van der Waals surface area contributed by atoms with Crippen LogP contribution < -0.4 is 88.7 Å². The summed E-state index contributed by atoms with van der Waals surface area (Å²) >= 11 is 0. The zero-order valence-electron chi connectivity index (χ0n) is 16.8. The standard InChI is InChI=1S/6CH2O3.3Na.3H/c6*2-1(3)4;;;;;;/h6*(H2,2,3,4);;;;;;/q;;;;;;3*+1;3*-1. The summed E-state index contributed by atoms with van der Waals surface area (Å²) in [6.07, 6.45) is -11.0. The van der Waals surface area contributed by atoms with Gasteiger partial charge in [-0.1, -0.05) is 0 Å². The molecule has 0 bridgehead atoms. The molecule has 0 aliphatic rings. The first-order valence-electron chi connectivity index (χ1n) is 3.91. The van der Waals surface area contributed by atoms with Gasteiger partial charge in [-0.15, -0.1) is 0 Å². The first kappa shape index (κ1) is 56.2. The molecule has 0 amide bonds. The third-order valence-corrected chi connectivity index (χ3v) is 0. The zero-order valence-corrected chi connectivity index (χ0v) is 19.8. The third kappa shape index (κ3) is 6610. The molecule has 0 aromatic rings. The van der Waals surface area contributed by atoms with Crippen LogP contribution in [0, 0.1) is 0 Å². The predicted molar refractivity (Wildman–Crippen MR) is 67.3 cm³/mol. The molecular weight excluding hydrogens is 429 g/mol. The van der Waals surface area contributed by atoms with Crippen LogP contribution in [0.5, 0.6) is 0 Å². The normalized spacial score (nSPS) is 5.33. The van der Waals surface area contributed by atoms with Gasteiger partial charge in [0.25, 0.3) is 0 Å². The van der Waals surface area contributed by atoms with E-state index in [1.54, 1.807) is 0 Å². The summed E-state index contributed by atoms with van der Waals surface area (Å²) in [7, 11) is 0. The van der Waals surface area contributed by atoms with Crippen LogP contribution in [0.3, 0.4) is 0 Å². The van der Waals surface area contributed by atoms with E-state index in [-0.39, 0.29) is 93.0 Å². The molecule has 0 unspecified atom stereocenters.